The lowest BCUT2D eigenvalue weighted by molar-refractivity contribution is -0.138. The van der Waals surface area contributed by atoms with E-state index in [2.05, 4.69) is 29.9 Å². The van der Waals surface area contributed by atoms with Gasteiger partial charge in [-0.05, 0) is 72.9 Å². The van der Waals surface area contributed by atoms with Crippen molar-refractivity contribution in [3.05, 3.63) is 154 Å². The predicted octanol–water partition coefficient (Wildman–Crippen LogP) is 9.73. The average molecular weight is 937 g/mol. The van der Waals surface area contributed by atoms with E-state index in [9.17, 15) is 53.9 Å². The molecule has 21 heteroatoms. The molecule has 0 spiro atoms. The number of fused-ring (bicyclic) bond motifs is 3. The number of thioether (sulfide) groups is 3. The molecule has 0 unspecified atom stereocenters. The second-order valence-electron chi connectivity index (χ2n) is 14.2. The molecular formula is C42H33F9N6O3S3. The number of rotatable bonds is 3. The lowest BCUT2D eigenvalue weighted by Gasteiger charge is -2.14. The van der Waals surface area contributed by atoms with Crippen LogP contribution in [0.25, 0.3) is 34.2 Å². The normalized spacial score (nSPS) is 14.8. The van der Waals surface area contributed by atoms with Crippen molar-refractivity contribution in [2.45, 2.75) is 55.0 Å². The van der Waals surface area contributed by atoms with Gasteiger partial charge in [0.15, 0.2) is 0 Å². The number of nitrogens with one attached hydrogen (secondary N) is 3. The van der Waals surface area contributed by atoms with Crippen LogP contribution in [0.5, 0.6) is 0 Å². The van der Waals surface area contributed by atoms with E-state index in [0.717, 1.165) is 70.7 Å². The Morgan fingerprint density at radius 2 is 0.635 bits per heavy atom. The van der Waals surface area contributed by atoms with Gasteiger partial charge in [0, 0.05) is 50.6 Å². The van der Waals surface area contributed by atoms with Crippen molar-refractivity contribution in [3.8, 4) is 34.2 Å². The van der Waals surface area contributed by atoms with Crippen LogP contribution in [0.15, 0.2) is 87.2 Å². The van der Waals surface area contributed by atoms with Gasteiger partial charge in [0.05, 0.1) is 33.8 Å². The lowest BCUT2D eigenvalue weighted by atomic mass is 10.1. The zero-order valence-electron chi connectivity index (χ0n) is 32.5. The molecule has 0 radical (unpaired) electrons. The van der Waals surface area contributed by atoms with Crippen LogP contribution in [-0.4, -0.2) is 47.2 Å². The van der Waals surface area contributed by atoms with E-state index in [-0.39, 0.29) is 16.7 Å². The van der Waals surface area contributed by atoms with Gasteiger partial charge in [-0.15, -0.1) is 0 Å². The average Bonchev–Trinajstić information content (AvgIpc) is 3.26. The van der Waals surface area contributed by atoms with E-state index < -0.39 is 35.2 Å². The Balaban J connectivity index is 0.000000142. The zero-order chi connectivity index (χ0) is 45.1. The SMILES string of the molecule is O=c1[nH]c(-c2ccc(C(F)(F)F)cc2)nc2c1CSCC2.O=c1[nH]c(-c2ccc(C(F)(F)F)cc2)nc2c1CSCC2.O=c1[nH]c(-c2ccc(C(F)(F)F)cc2)nc2c1CSCC2. The van der Waals surface area contributed by atoms with Crippen molar-refractivity contribution < 1.29 is 39.5 Å². The molecule has 0 saturated heterocycles. The first-order valence-corrected chi connectivity index (χ1v) is 22.4. The molecule has 3 N–H and O–H groups in total. The predicted molar refractivity (Wildman–Crippen MR) is 225 cm³/mol. The molecule has 6 heterocycles. The van der Waals surface area contributed by atoms with Crippen LogP contribution in [0, 0.1) is 0 Å². The number of aromatic nitrogens is 6. The smallest absolute Gasteiger partial charge is 0.306 e. The number of aryl methyl sites for hydroxylation is 3. The fraction of sp³-hybridized carbons (Fsp3) is 0.286. The maximum atomic E-state index is 12.5. The largest absolute Gasteiger partial charge is 0.416 e. The lowest BCUT2D eigenvalue weighted by Crippen LogP contribution is -2.21. The third-order valence-electron chi connectivity index (χ3n) is 9.95. The van der Waals surface area contributed by atoms with Gasteiger partial charge in [0.25, 0.3) is 16.7 Å². The summed E-state index contributed by atoms with van der Waals surface area (Å²) in [7, 11) is 0. The summed E-state index contributed by atoms with van der Waals surface area (Å²) in [6.07, 6.45) is -11.0. The first kappa shape index (κ1) is 45.7. The number of hydrogen-bond acceptors (Lipinski definition) is 9. The molecule has 9 nitrogen and oxygen atoms in total. The monoisotopic (exact) mass is 936 g/mol. The molecule has 0 aliphatic carbocycles. The van der Waals surface area contributed by atoms with Gasteiger partial charge in [-0.2, -0.15) is 74.8 Å². The first-order valence-electron chi connectivity index (χ1n) is 19.0. The van der Waals surface area contributed by atoms with Crippen molar-refractivity contribution in [1.82, 2.24) is 29.9 Å². The summed E-state index contributed by atoms with van der Waals surface area (Å²) in [6.45, 7) is 0. The Labute approximate surface area is 364 Å². The van der Waals surface area contributed by atoms with E-state index in [1.807, 2.05) is 0 Å². The zero-order valence-corrected chi connectivity index (χ0v) is 34.9. The fourth-order valence-corrected chi connectivity index (χ4v) is 9.54. The summed E-state index contributed by atoms with van der Waals surface area (Å²) in [5.41, 5.74) is 2.88. The molecular weight excluding hydrogens is 904 g/mol. The quantitative estimate of drug-likeness (QED) is 0.148. The minimum Gasteiger partial charge on any atom is -0.306 e. The molecule has 3 aliphatic heterocycles. The Kier molecular flexibility index (Phi) is 13.7. The van der Waals surface area contributed by atoms with Crippen LogP contribution in [0.4, 0.5) is 39.5 Å². The van der Waals surface area contributed by atoms with Crippen LogP contribution in [-0.2, 0) is 55.0 Å². The fourth-order valence-electron chi connectivity index (χ4n) is 6.59. The van der Waals surface area contributed by atoms with Crippen molar-refractivity contribution in [2.24, 2.45) is 0 Å². The van der Waals surface area contributed by atoms with Crippen LogP contribution >= 0.6 is 35.3 Å². The molecule has 9 rings (SSSR count). The van der Waals surface area contributed by atoms with Gasteiger partial charge in [-0.1, -0.05) is 36.4 Å². The molecule has 3 aromatic carbocycles. The highest BCUT2D eigenvalue weighted by Gasteiger charge is 2.32. The van der Waals surface area contributed by atoms with Crippen LogP contribution < -0.4 is 16.7 Å². The molecule has 330 valence electrons. The summed E-state index contributed by atoms with van der Waals surface area (Å²) in [4.78, 5) is 57.1. The van der Waals surface area contributed by atoms with Crippen LogP contribution in [0.1, 0.15) is 50.5 Å². The van der Waals surface area contributed by atoms with Crippen LogP contribution in [0.2, 0.25) is 0 Å². The molecule has 0 fully saturated rings. The third-order valence-corrected chi connectivity index (χ3v) is 12.9. The highest BCUT2D eigenvalue weighted by molar-refractivity contribution is 7.99. The standard InChI is InChI=1S/3C14H11F3N2OS/c3*15-14(16,17)9-3-1-8(2-4-9)12-18-11-5-6-21-7-10(11)13(20)19-12/h3*1-4H,5-7H2,(H,18,19,20). The van der Waals surface area contributed by atoms with Gasteiger partial charge >= 0.3 is 18.5 Å². The molecule has 0 bridgehead atoms. The molecule has 63 heavy (non-hydrogen) atoms. The summed E-state index contributed by atoms with van der Waals surface area (Å²) >= 11 is 5.02. The summed E-state index contributed by atoms with van der Waals surface area (Å²) in [6, 6.07) is 13.9. The third kappa shape index (κ3) is 11.1. The molecule has 3 aliphatic rings. The van der Waals surface area contributed by atoms with E-state index in [1.54, 1.807) is 35.3 Å². The molecule has 0 saturated carbocycles. The second kappa shape index (κ2) is 18.8. The van der Waals surface area contributed by atoms with E-state index >= 15 is 0 Å². The van der Waals surface area contributed by atoms with E-state index in [4.69, 9.17) is 0 Å². The molecule has 6 aromatic rings. The number of halogens is 9. The summed E-state index contributed by atoms with van der Waals surface area (Å²) in [5.74, 6) is 5.54. The van der Waals surface area contributed by atoms with E-state index in [1.165, 1.54) is 36.4 Å². The van der Waals surface area contributed by atoms with Crippen molar-refractivity contribution >= 4 is 35.3 Å². The van der Waals surface area contributed by atoms with Gasteiger partial charge in [-0.25, -0.2) is 15.0 Å². The Morgan fingerprint density at radius 3 is 0.857 bits per heavy atom. The number of hydrogen-bond donors (Lipinski definition) is 3. The number of benzene rings is 3. The Bertz CT molecular complexity index is 2470. The molecule has 0 amide bonds. The summed E-state index contributed by atoms with van der Waals surface area (Å²) in [5, 5.41) is 0. The van der Waals surface area contributed by atoms with Crippen molar-refractivity contribution in [2.75, 3.05) is 17.3 Å². The number of alkyl halides is 9. The number of nitrogens with zero attached hydrogens (tertiary/aromatic N) is 3. The molecule has 0 atom stereocenters. The second-order valence-corrected chi connectivity index (χ2v) is 17.5. The number of aromatic amines is 3. The number of H-pyrrole nitrogens is 3. The topological polar surface area (TPSA) is 137 Å². The minimum atomic E-state index is -4.37. The van der Waals surface area contributed by atoms with Crippen LogP contribution in [0.3, 0.4) is 0 Å². The van der Waals surface area contributed by atoms with Gasteiger partial charge < -0.3 is 15.0 Å². The molecule has 3 aromatic heterocycles. The minimum absolute atomic E-state index is 0.206. The van der Waals surface area contributed by atoms with E-state index in [0.29, 0.717) is 87.4 Å². The van der Waals surface area contributed by atoms with Crippen molar-refractivity contribution in [1.29, 1.82) is 0 Å². The summed E-state index contributed by atoms with van der Waals surface area (Å²) < 4.78 is 113. The maximum Gasteiger partial charge on any atom is 0.416 e. The van der Waals surface area contributed by atoms with Gasteiger partial charge in [-0.3, -0.25) is 14.4 Å². The maximum absolute atomic E-state index is 12.5. The van der Waals surface area contributed by atoms with Gasteiger partial charge in [0.1, 0.15) is 17.5 Å². The van der Waals surface area contributed by atoms with Crippen molar-refractivity contribution in [3.63, 3.8) is 0 Å². The highest BCUT2D eigenvalue weighted by atomic mass is 32.2. The Hall–Kier alpha value is -5.28. The Morgan fingerprint density at radius 1 is 0.397 bits per heavy atom. The highest BCUT2D eigenvalue weighted by Crippen LogP contribution is 2.33. The first-order chi connectivity index (χ1) is 29.8. The van der Waals surface area contributed by atoms with Gasteiger partial charge in [0.2, 0.25) is 0 Å².